The van der Waals surface area contributed by atoms with Gasteiger partial charge >= 0.3 is 6.09 Å². The van der Waals surface area contributed by atoms with Gasteiger partial charge in [0.1, 0.15) is 5.84 Å². The molecule has 6 nitrogen and oxygen atoms in total. The van der Waals surface area contributed by atoms with Crippen LogP contribution in [-0.2, 0) is 4.74 Å². The zero-order valence-electron chi connectivity index (χ0n) is 12.2. The summed E-state index contributed by atoms with van der Waals surface area (Å²) in [5.74, 6) is 0.561. The number of hydrogen-bond acceptors (Lipinski definition) is 4. The number of carbonyl (C=O) groups is 1. The fourth-order valence-electron chi connectivity index (χ4n) is 2.22. The highest BCUT2D eigenvalue weighted by atomic mass is 16.6. The molecule has 0 aromatic heterocycles. The monoisotopic (exact) mass is 270 g/mol. The summed E-state index contributed by atoms with van der Waals surface area (Å²) in [5.41, 5.74) is 5.59. The number of ether oxygens (including phenoxy) is 1. The Morgan fingerprint density at radius 1 is 1.32 bits per heavy atom. The first-order valence-electron chi connectivity index (χ1n) is 6.95. The number of nitrogens with zero attached hydrogens (tertiary/aromatic N) is 2. The lowest BCUT2D eigenvalue weighted by atomic mass is 10.1. The van der Waals surface area contributed by atoms with Gasteiger partial charge in [-0.1, -0.05) is 20.8 Å². The van der Waals surface area contributed by atoms with Crippen LogP contribution in [0.3, 0.4) is 0 Å². The molecule has 1 atom stereocenters. The average molecular weight is 270 g/mol. The molecule has 1 unspecified atom stereocenters. The lowest BCUT2D eigenvalue weighted by molar-refractivity contribution is 0.0645. The summed E-state index contributed by atoms with van der Waals surface area (Å²) < 4.78 is 5.21. The summed E-state index contributed by atoms with van der Waals surface area (Å²) in [6, 6.07) is -0.00571. The largest absolute Gasteiger partial charge is 0.449 e. The third kappa shape index (κ3) is 4.70. The fraction of sp³-hybridized carbons (Fsp3) is 0.846. The van der Waals surface area contributed by atoms with E-state index in [4.69, 9.17) is 15.9 Å². The molecule has 0 bridgehead atoms. The summed E-state index contributed by atoms with van der Waals surface area (Å²) in [6.45, 7) is 9.29. The van der Waals surface area contributed by atoms with E-state index in [-0.39, 0.29) is 18.0 Å². The van der Waals surface area contributed by atoms with E-state index in [1.54, 1.807) is 4.90 Å². The number of amides is 1. The van der Waals surface area contributed by atoms with Crippen molar-refractivity contribution in [2.45, 2.75) is 33.2 Å². The van der Waals surface area contributed by atoms with Gasteiger partial charge in [0.15, 0.2) is 0 Å². The van der Waals surface area contributed by atoms with E-state index in [0.29, 0.717) is 25.6 Å². The molecule has 1 rings (SSSR count). The summed E-state index contributed by atoms with van der Waals surface area (Å²) in [5, 5.41) is 7.57. The van der Waals surface area contributed by atoms with Crippen LogP contribution in [0.2, 0.25) is 0 Å². The van der Waals surface area contributed by atoms with Gasteiger partial charge in [-0.05, 0) is 12.3 Å². The minimum atomic E-state index is -0.232. The van der Waals surface area contributed by atoms with Crippen LogP contribution in [0.5, 0.6) is 0 Å². The van der Waals surface area contributed by atoms with Crippen molar-refractivity contribution in [3.63, 3.8) is 0 Å². The molecule has 1 aliphatic rings. The molecule has 6 heteroatoms. The standard InChI is InChI=1S/C13H26N4O2/c1-4-11(12(14)15)16-5-7-17(8-6-16)13(18)19-9-10(2)3/h10-11H,4-9H2,1-3H3,(H3,14,15). The molecule has 0 aromatic rings. The van der Waals surface area contributed by atoms with Crippen molar-refractivity contribution in [3.8, 4) is 0 Å². The summed E-state index contributed by atoms with van der Waals surface area (Å²) in [4.78, 5) is 15.7. The smallest absolute Gasteiger partial charge is 0.409 e. The number of hydrogen-bond donors (Lipinski definition) is 2. The minimum Gasteiger partial charge on any atom is -0.449 e. The zero-order chi connectivity index (χ0) is 14.4. The van der Waals surface area contributed by atoms with Gasteiger partial charge in [0.2, 0.25) is 0 Å². The molecule has 1 amide bonds. The number of piperazine rings is 1. The van der Waals surface area contributed by atoms with Crippen molar-refractivity contribution in [1.29, 1.82) is 5.41 Å². The van der Waals surface area contributed by atoms with Crippen LogP contribution in [0.4, 0.5) is 4.79 Å². The molecule has 0 radical (unpaired) electrons. The quantitative estimate of drug-likeness (QED) is 0.579. The Hall–Kier alpha value is -1.30. The van der Waals surface area contributed by atoms with Crippen LogP contribution in [-0.4, -0.2) is 60.6 Å². The molecule has 0 aliphatic carbocycles. The maximum atomic E-state index is 11.8. The molecule has 0 aromatic carbocycles. The molecule has 19 heavy (non-hydrogen) atoms. The molecule has 1 aliphatic heterocycles. The van der Waals surface area contributed by atoms with Crippen molar-refractivity contribution < 1.29 is 9.53 Å². The van der Waals surface area contributed by atoms with E-state index in [1.807, 2.05) is 20.8 Å². The Bertz CT molecular complexity index is 312. The Kier molecular flexibility index (Phi) is 6.08. The topological polar surface area (TPSA) is 82.7 Å². The molecule has 0 saturated carbocycles. The Balaban J connectivity index is 2.40. The van der Waals surface area contributed by atoms with Gasteiger partial charge < -0.3 is 15.4 Å². The average Bonchev–Trinajstić information content (AvgIpc) is 2.37. The van der Waals surface area contributed by atoms with Crippen LogP contribution < -0.4 is 5.73 Å². The molecule has 0 spiro atoms. The predicted octanol–water partition coefficient (Wildman–Crippen LogP) is 1.11. The SMILES string of the molecule is CCC(C(=N)N)N1CCN(C(=O)OCC(C)C)CC1. The second-order valence-electron chi connectivity index (χ2n) is 5.37. The molecular formula is C13H26N4O2. The molecule has 1 heterocycles. The summed E-state index contributed by atoms with van der Waals surface area (Å²) >= 11 is 0. The van der Waals surface area contributed by atoms with Crippen molar-refractivity contribution >= 4 is 11.9 Å². The number of nitrogens with two attached hydrogens (primary N) is 1. The third-order valence-corrected chi connectivity index (χ3v) is 3.30. The van der Waals surface area contributed by atoms with Crippen molar-refractivity contribution in [2.75, 3.05) is 32.8 Å². The third-order valence-electron chi connectivity index (χ3n) is 3.30. The van der Waals surface area contributed by atoms with E-state index in [2.05, 4.69) is 4.90 Å². The van der Waals surface area contributed by atoms with Gasteiger partial charge in [0, 0.05) is 26.2 Å². The maximum absolute atomic E-state index is 11.8. The molecule has 1 fully saturated rings. The van der Waals surface area contributed by atoms with Gasteiger partial charge in [-0.3, -0.25) is 10.3 Å². The molecular weight excluding hydrogens is 244 g/mol. The van der Waals surface area contributed by atoms with Crippen LogP contribution in [0.1, 0.15) is 27.2 Å². The van der Waals surface area contributed by atoms with Gasteiger partial charge in [0.25, 0.3) is 0 Å². The Morgan fingerprint density at radius 2 is 1.89 bits per heavy atom. The zero-order valence-corrected chi connectivity index (χ0v) is 12.2. The lowest BCUT2D eigenvalue weighted by Crippen LogP contribution is -2.55. The lowest BCUT2D eigenvalue weighted by Gasteiger charge is -2.38. The van der Waals surface area contributed by atoms with E-state index >= 15 is 0 Å². The second-order valence-corrected chi connectivity index (χ2v) is 5.37. The molecule has 110 valence electrons. The van der Waals surface area contributed by atoms with E-state index < -0.39 is 0 Å². The summed E-state index contributed by atoms with van der Waals surface area (Å²) in [7, 11) is 0. The first kappa shape index (κ1) is 15.8. The van der Waals surface area contributed by atoms with Crippen LogP contribution in [0.15, 0.2) is 0 Å². The number of nitrogens with one attached hydrogen (secondary N) is 1. The van der Waals surface area contributed by atoms with Crippen molar-refractivity contribution in [3.05, 3.63) is 0 Å². The number of amidine groups is 1. The van der Waals surface area contributed by atoms with Crippen LogP contribution >= 0.6 is 0 Å². The highest BCUT2D eigenvalue weighted by Crippen LogP contribution is 2.10. The maximum Gasteiger partial charge on any atom is 0.409 e. The fourth-order valence-corrected chi connectivity index (χ4v) is 2.22. The van der Waals surface area contributed by atoms with Gasteiger partial charge in [0.05, 0.1) is 12.6 Å². The highest BCUT2D eigenvalue weighted by Gasteiger charge is 2.27. The van der Waals surface area contributed by atoms with E-state index in [0.717, 1.165) is 19.5 Å². The first-order valence-corrected chi connectivity index (χ1v) is 6.95. The van der Waals surface area contributed by atoms with Crippen molar-refractivity contribution in [2.24, 2.45) is 11.7 Å². The van der Waals surface area contributed by atoms with E-state index in [1.165, 1.54) is 0 Å². The second kappa shape index (κ2) is 7.33. The highest BCUT2D eigenvalue weighted by molar-refractivity contribution is 5.82. The Morgan fingerprint density at radius 3 is 2.32 bits per heavy atom. The van der Waals surface area contributed by atoms with Gasteiger partial charge in [-0.25, -0.2) is 4.79 Å². The summed E-state index contributed by atoms with van der Waals surface area (Å²) in [6.07, 6.45) is 0.594. The van der Waals surface area contributed by atoms with Crippen LogP contribution in [0.25, 0.3) is 0 Å². The molecule has 1 saturated heterocycles. The van der Waals surface area contributed by atoms with Crippen LogP contribution in [0, 0.1) is 11.3 Å². The van der Waals surface area contributed by atoms with E-state index in [9.17, 15) is 4.79 Å². The first-order chi connectivity index (χ1) is 8.95. The molecule has 3 N–H and O–H groups in total. The van der Waals surface area contributed by atoms with Crippen molar-refractivity contribution in [1.82, 2.24) is 9.80 Å². The van der Waals surface area contributed by atoms with Gasteiger partial charge in [-0.2, -0.15) is 0 Å². The predicted molar refractivity (Wildman–Crippen MR) is 75.3 cm³/mol. The van der Waals surface area contributed by atoms with Gasteiger partial charge in [-0.15, -0.1) is 0 Å². The minimum absolute atomic E-state index is 0.00571. The number of rotatable bonds is 5. The number of carbonyl (C=O) groups excluding carboxylic acids is 1. The Labute approximate surface area is 115 Å². The normalized spacial score (nSPS) is 18.4.